The molecule has 10 amide bonds. The number of aliphatic hydroxyl groups is 1. The van der Waals surface area contributed by atoms with E-state index in [1.165, 1.54) is 23.8 Å². The van der Waals surface area contributed by atoms with Crippen molar-refractivity contribution in [1.29, 1.82) is 0 Å². The van der Waals surface area contributed by atoms with Crippen LogP contribution in [-0.2, 0) is 54.4 Å². The van der Waals surface area contributed by atoms with E-state index in [9.17, 15) is 53.1 Å². The number of nitrogens with one attached hydrogen (secondary N) is 7. The van der Waals surface area contributed by atoms with Crippen LogP contribution in [0.5, 0.6) is 0 Å². The third kappa shape index (κ3) is 26.1. The van der Waals surface area contributed by atoms with Crippen molar-refractivity contribution in [2.24, 2.45) is 51.8 Å². The third-order valence-electron chi connectivity index (χ3n) is 15.2. The van der Waals surface area contributed by atoms with Crippen LogP contribution in [0.3, 0.4) is 0 Å². The number of aliphatic imine (C=N–C) groups is 1. The molecule has 0 aliphatic carbocycles. The molecule has 24 nitrogen and oxygen atoms in total. The number of rotatable bonds is 38. The van der Waals surface area contributed by atoms with Crippen molar-refractivity contribution < 1.29 is 53.1 Å². The quantitative estimate of drug-likeness (QED) is 0.0257. The molecule has 0 saturated carbocycles. The van der Waals surface area contributed by atoms with Crippen LogP contribution < -0.4 is 54.4 Å². The molecule has 24 heteroatoms. The van der Waals surface area contributed by atoms with E-state index < -0.39 is 120 Å². The topological polar surface area (TPSA) is 372 Å². The maximum Gasteiger partial charge on any atom is 0.245 e. The highest BCUT2D eigenvalue weighted by atomic mass is 16.3. The van der Waals surface area contributed by atoms with Crippen molar-refractivity contribution >= 4 is 65.0 Å². The lowest BCUT2D eigenvalue weighted by atomic mass is 9.97. The summed E-state index contributed by atoms with van der Waals surface area (Å²) in [5.41, 5.74) is 17.4. The summed E-state index contributed by atoms with van der Waals surface area (Å²) < 4.78 is 0. The van der Waals surface area contributed by atoms with Crippen molar-refractivity contribution in [2.45, 2.75) is 233 Å². The molecule has 1 aliphatic rings. The number of carbonyl (C=O) groups is 10. The Balaban J connectivity index is 2.44. The van der Waals surface area contributed by atoms with Gasteiger partial charge in [-0.3, -0.25) is 52.9 Å². The van der Waals surface area contributed by atoms with Gasteiger partial charge in [0.05, 0.1) is 6.10 Å². The summed E-state index contributed by atoms with van der Waals surface area (Å²) in [5, 5.41) is 30.6. The summed E-state index contributed by atoms with van der Waals surface area (Å²) in [5.74, 6) is -7.98. The lowest BCUT2D eigenvalue weighted by molar-refractivity contribution is -0.149. The van der Waals surface area contributed by atoms with Crippen LogP contribution >= 0.6 is 0 Å². The van der Waals surface area contributed by atoms with E-state index in [1.807, 2.05) is 54.5 Å². The molecule has 85 heavy (non-hydrogen) atoms. The Morgan fingerprint density at radius 2 is 1.16 bits per heavy atom. The number of nitrogens with two attached hydrogens (primary N) is 3. The van der Waals surface area contributed by atoms with Gasteiger partial charge < -0.3 is 69.3 Å². The number of unbranched alkanes of at least 4 members (excludes halogenated alkanes) is 4. The van der Waals surface area contributed by atoms with Crippen LogP contribution in [0.25, 0.3) is 0 Å². The Bertz CT molecular complexity index is 2370. The van der Waals surface area contributed by atoms with Crippen molar-refractivity contribution in [3.05, 3.63) is 35.9 Å². The van der Waals surface area contributed by atoms with E-state index in [0.29, 0.717) is 12.8 Å². The van der Waals surface area contributed by atoms with Crippen LogP contribution in [0.4, 0.5) is 0 Å². The number of likely N-dealkylation sites (N-methyl/N-ethyl adjacent to an activating group) is 1. The molecule has 1 aromatic rings. The van der Waals surface area contributed by atoms with E-state index in [-0.39, 0.29) is 100.0 Å². The summed E-state index contributed by atoms with van der Waals surface area (Å²) in [4.78, 5) is 146. The molecule has 0 radical (unpaired) electrons. The third-order valence-corrected chi connectivity index (χ3v) is 15.2. The zero-order valence-electron chi connectivity index (χ0n) is 53.0. The Hall–Kier alpha value is -6.85. The molecule has 11 atom stereocenters. The highest BCUT2D eigenvalue weighted by Gasteiger charge is 2.45. The number of carbonyl (C=O) groups excluding carboxylic acids is 10. The molecule has 1 aromatic carbocycles. The average Bonchev–Trinajstić information content (AvgIpc) is 4.04. The Kier molecular flexibility index (Phi) is 32.8. The number of primary amides is 1. The first kappa shape index (κ1) is 74.3. The van der Waals surface area contributed by atoms with Gasteiger partial charge in [-0.15, -0.1) is 0 Å². The fourth-order valence-electron chi connectivity index (χ4n) is 10.1. The molecule has 1 aliphatic heterocycles. The van der Waals surface area contributed by atoms with Gasteiger partial charge >= 0.3 is 0 Å². The summed E-state index contributed by atoms with van der Waals surface area (Å²) in [7, 11) is 1.41. The fourth-order valence-corrected chi connectivity index (χ4v) is 10.1. The number of amides is 10. The number of hydrogen-bond donors (Lipinski definition) is 11. The molecular formula is C61H105N13O11. The van der Waals surface area contributed by atoms with E-state index in [1.54, 1.807) is 45.0 Å². The molecule has 480 valence electrons. The highest BCUT2D eigenvalue weighted by molar-refractivity contribution is 5.99. The first-order chi connectivity index (χ1) is 39.9. The Morgan fingerprint density at radius 1 is 0.624 bits per heavy atom. The SMILES string of the molecule is CCCCCCCC(=O)N[C@H](C)C(=O)N[C@@H](Cc1ccccc1)C(=O)N[C@H](CC(C)C)C(=O)N[C@@H](CC(C)C)C(=O)N1C[C@H](O)C[C@H]1C(=O)N(C)[C@@H](CC(C)C)C(=O)N[C@H](C(=O)N[C@@H](CCCN=C(N)N)C(=O)N[C@H](C(N)=O)[C@@H](C)CC)C(C)C. The maximum absolute atomic E-state index is 14.9. The smallest absolute Gasteiger partial charge is 0.245 e. The number of guanidine groups is 1. The van der Waals surface area contributed by atoms with Gasteiger partial charge in [0.15, 0.2) is 5.96 Å². The number of aliphatic hydroxyl groups excluding tert-OH is 1. The second-order valence-electron chi connectivity index (χ2n) is 24.6. The number of hydrogen-bond acceptors (Lipinski definition) is 12. The number of benzene rings is 1. The number of β-amino-alcohol motifs (C(OH)–C–C–N with tert-alkyl or cyclic N) is 1. The molecule has 1 saturated heterocycles. The van der Waals surface area contributed by atoms with Crippen LogP contribution in [0.15, 0.2) is 35.3 Å². The molecule has 1 fully saturated rings. The standard InChI is InChI=1S/C61H105N13O11/c1-14-16-17-18-22-27-49(76)66-40(12)53(78)68-45(32-41-24-20-19-21-25-41)56(81)69-44(29-35(3)4)55(80)70-46(30-36(5)6)59(84)74-34-42(75)33-48(74)60(85)73(13)47(31-37(7)8)57(82)71-50(38(9)10)58(83)67-43(26-23-28-65-61(63)64)54(79)72-51(52(62)77)39(11)15-2/h19-21,24-25,35-40,42-48,50-51,75H,14-18,22-23,26-34H2,1-13H3,(H2,62,77)(H,66,76)(H,67,83)(H,68,78)(H,69,81)(H,70,80)(H,71,82)(H,72,79)(H4,63,64,65)/t39-,40+,42+,43-,44+,45-,46-,47-,48-,50-,51-/m0/s1. The monoisotopic (exact) mass is 1200 g/mol. The predicted octanol–water partition coefficient (Wildman–Crippen LogP) is 2.17. The first-order valence-corrected chi connectivity index (χ1v) is 30.7. The van der Waals surface area contributed by atoms with Crippen molar-refractivity contribution in [3.8, 4) is 0 Å². The number of nitrogens with zero attached hydrogens (tertiary/aromatic N) is 3. The van der Waals surface area contributed by atoms with Crippen molar-refractivity contribution in [1.82, 2.24) is 47.0 Å². The summed E-state index contributed by atoms with van der Waals surface area (Å²) >= 11 is 0. The second kappa shape index (κ2) is 37.6. The van der Waals surface area contributed by atoms with Crippen LogP contribution in [0.2, 0.25) is 0 Å². The van der Waals surface area contributed by atoms with E-state index in [4.69, 9.17) is 17.2 Å². The van der Waals surface area contributed by atoms with Gasteiger partial charge in [-0.1, -0.05) is 139 Å². The summed E-state index contributed by atoms with van der Waals surface area (Å²) in [6, 6.07) is -1.54. The molecule has 0 bridgehead atoms. The van der Waals surface area contributed by atoms with Crippen LogP contribution in [0.1, 0.15) is 172 Å². The zero-order chi connectivity index (χ0) is 64.2. The molecule has 0 unspecified atom stereocenters. The summed E-state index contributed by atoms with van der Waals surface area (Å²) in [6.07, 6.45) is 4.88. The van der Waals surface area contributed by atoms with Gasteiger partial charge in [0, 0.05) is 39.4 Å². The zero-order valence-corrected chi connectivity index (χ0v) is 53.0. The van der Waals surface area contributed by atoms with E-state index in [2.05, 4.69) is 49.1 Å². The minimum atomic E-state index is -1.28. The van der Waals surface area contributed by atoms with Gasteiger partial charge in [0.25, 0.3) is 0 Å². The van der Waals surface area contributed by atoms with E-state index in [0.717, 1.165) is 31.2 Å². The minimum Gasteiger partial charge on any atom is -0.391 e. The molecule has 1 heterocycles. The van der Waals surface area contributed by atoms with E-state index >= 15 is 0 Å². The lowest BCUT2D eigenvalue weighted by Crippen LogP contribution is -2.61. The predicted molar refractivity (Wildman–Crippen MR) is 327 cm³/mol. The van der Waals surface area contributed by atoms with Crippen LogP contribution in [-0.4, -0.2) is 161 Å². The summed E-state index contributed by atoms with van der Waals surface area (Å²) in [6.45, 7) is 21.6. The van der Waals surface area contributed by atoms with Gasteiger partial charge in [-0.2, -0.15) is 0 Å². The van der Waals surface area contributed by atoms with Crippen molar-refractivity contribution in [2.75, 3.05) is 20.1 Å². The van der Waals surface area contributed by atoms with Gasteiger partial charge in [-0.05, 0) is 80.6 Å². The molecular weight excluding hydrogens is 1090 g/mol. The van der Waals surface area contributed by atoms with Gasteiger partial charge in [0.1, 0.15) is 54.4 Å². The van der Waals surface area contributed by atoms with Crippen molar-refractivity contribution in [3.63, 3.8) is 0 Å². The lowest BCUT2D eigenvalue weighted by Gasteiger charge is -2.35. The van der Waals surface area contributed by atoms with Crippen LogP contribution in [0, 0.1) is 29.6 Å². The largest absolute Gasteiger partial charge is 0.391 e. The molecule has 0 aromatic heterocycles. The first-order valence-electron chi connectivity index (χ1n) is 30.7. The van der Waals surface area contributed by atoms with Gasteiger partial charge in [-0.25, -0.2) is 0 Å². The molecule has 2 rings (SSSR count). The Labute approximate surface area is 504 Å². The Morgan fingerprint density at radius 3 is 1.73 bits per heavy atom. The molecule has 14 N–H and O–H groups in total. The second-order valence-corrected chi connectivity index (χ2v) is 24.6. The normalized spacial score (nSPS) is 17.3. The average molecular weight is 1200 g/mol. The van der Waals surface area contributed by atoms with Gasteiger partial charge in [0.2, 0.25) is 59.1 Å². The maximum atomic E-state index is 14.9. The minimum absolute atomic E-state index is 0.0464. The highest BCUT2D eigenvalue weighted by Crippen LogP contribution is 2.25. The fraction of sp³-hybridized carbons (Fsp3) is 0.721. The number of likely N-dealkylation sites (tertiary alicyclic amines) is 1. The molecule has 0 spiro atoms.